The molecule has 1 aliphatic rings. The fraction of sp³-hybridized carbons (Fsp3) is 0.643. The van der Waals surface area contributed by atoms with Crippen molar-refractivity contribution in [2.75, 3.05) is 0 Å². The van der Waals surface area contributed by atoms with Gasteiger partial charge in [0.2, 0.25) is 0 Å². The van der Waals surface area contributed by atoms with Gasteiger partial charge < -0.3 is 9.57 Å². The molecule has 0 spiro atoms. The molecular weight excluding hydrogens is 292 g/mol. The van der Waals surface area contributed by atoms with Crippen LogP contribution in [0.25, 0.3) is 0 Å². The molecule has 0 aromatic rings. The van der Waals surface area contributed by atoms with Crippen LogP contribution < -0.4 is 0 Å². The fourth-order valence-corrected chi connectivity index (χ4v) is 1.74. The van der Waals surface area contributed by atoms with Gasteiger partial charge in [0.1, 0.15) is 11.6 Å². The van der Waals surface area contributed by atoms with E-state index in [1.54, 1.807) is 20.8 Å². The third-order valence-corrected chi connectivity index (χ3v) is 2.72. The maximum atomic E-state index is 11.9. The Morgan fingerprint density at radius 1 is 1.27 bits per heavy atom. The van der Waals surface area contributed by atoms with Crippen molar-refractivity contribution in [2.24, 2.45) is 4.99 Å². The molecule has 22 heavy (non-hydrogen) atoms. The minimum absolute atomic E-state index is 0.0101. The van der Waals surface area contributed by atoms with Crippen LogP contribution in [0.1, 0.15) is 46.5 Å². The van der Waals surface area contributed by atoms with Gasteiger partial charge in [-0.3, -0.25) is 19.4 Å². The van der Waals surface area contributed by atoms with Crippen molar-refractivity contribution < 1.29 is 28.8 Å². The van der Waals surface area contributed by atoms with E-state index in [1.807, 2.05) is 0 Å². The molecule has 8 heteroatoms. The number of ether oxygens (including phenoxy) is 1. The van der Waals surface area contributed by atoms with Crippen molar-refractivity contribution in [3.05, 3.63) is 0 Å². The van der Waals surface area contributed by atoms with E-state index in [4.69, 9.17) is 9.57 Å². The number of amides is 2. The number of hydroxylamine groups is 2. The molecule has 0 unspecified atom stereocenters. The predicted molar refractivity (Wildman–Crippen MR) is 75.6 cm³/mol. The molecule has 1 aliphatic heterocycles. The minimum Gasteiger partial charge on any atom is -0.460 e. The number of imide groups is 1. The highest BCUT2D eigenvalue weighted by Crippen LogP contribution is 2.15. The van der Waals surface area contributed by atoms with Gasteiger partial charge in [-0.1, -0.05) is 0 Å². The van der Waals surface area contributed by atoms with Gasteiger partial charge in [0.15, 0.2) is 0 Å². The molecule has 0 N–H and O–H groups in total. The topological polar surface area (TPSA) is 102 Å². The molecule has 1 saturated heterocycles. The minimum atomic E-state index is -1.05. The standard InChI is InChI=1S/C14H20N2O6/c1-14(2,3)21-12(19)8-5-9(15-4)13(20)22-16-10(17)6-7-11(16)18/h9H,4-8H2,1-3H3/t9-/m0/s1. The number of carbonyl (C=O) groups is 4. The van der Waals surface area contributed by atoms with Gasteiger partial charge >= 0.3 is 11.9 Å². The van der Waals surface area contributed by atoms with E-state index in [0.717, 1.165) is 0 Å². The third kappa shape index (κ3) is 5.27. The van der Waals surface area contributed by atoms with E-state index < -0.39 is 35.4 Å². The van der Waals surface area contributed by atoms with Crippen molar-refractivity contribution in [1.29, 1.82) is 0 Å². The average molecular weight is 312 g/mol. The Kier molecular flexibility index (Phi) is 5.78. The second-order valence-electron chi connectivity index (χ2n) is 5.82. The van der Waals surface area contributed by atoms with Crippen LogP contribution in [-0.2, 0) is 28.8 Å². The first kappa shape index (κ1) is 17.8. The maximum Gasteiger partial charge on any atom is 0.357 e. The Hall–Kier alpha value is -2.25. The van der Waals surface area contributed by atoms with Gasteiger partial charge in [0.25, 0.3) is 11.8 Å². The molecule has 0 aromatic heterocycles. The van der Waals surface area contributed by atoms with Crippen molar-refractivity contribution in [1.82, 2.24) is 5.06 Å². The van der Waals surface area contributed by atoms with Crippen molar-refractivity contribution in [3.63, 3.8) is 0 Å². The smallest absolute Gasteiger partial charge is 0.357 e. The summed E-state index contributed by atoms with van der Waals surface area (Å²) < 4.78 is 5.11. The summed E-state index contributed by atoms with van der Waals surface area (Å²) in [4.78, 5) is 54.5. The highest BCUT2D eigenvalue weighted by Gasteiger charge is 2.34. The molecule has 0 bridgehead atoms. The lowest BCUT2D eigenvalue weighted by molar-refractivity contribution is -0.198. The predicted octanol–water partition coefficient (Wildman–Crippen LogP) is 0.785. The molecule has 0 saturated carbocycles. The summed E-state index contributed by atoms with van der Waals surface area (Å²) in [5, 5.41) is 0.438. The SMILES string of the molecule is C=N[C@@H](CCC(=O)OC(C)(C)C)C(=O)ON1C(=O)CCC1=O. The summed E-state index contributed by atoms with van der Waals surface area (Å²) in [7, 11) is 0. The Morgan fingerprint density at radius 2 is 1.82 bits per heavy atom. The zero-order valence-corrected chi connectivity index (χ0v) is 13.0. The van der Waals surface area contributed by atoms with Gasteiger partial charge in [0, 0.05) is 19.3 Å². The van der Waals surface area contributed by atoms with E-state index in [9.17, 15) is 19.2 Å². The molecular formula is C14H20N2O6. The van der Waals surface area contributed by atoms with Gasteiger partial charge in [0.05, 0.1) is 0 Å². The summed E-state index contributed by atoms with van der Waals surface area (Å²) in [5.41, 5.74) is -0.622. The molecule has 0 aromatic carbocycles. The Morgan fingerprint density at radius 3 is 2.27 bits per heavy atom. The van der Waals surface area contributed by atoms with E-state index in [2.05, 4.69) is 11.7 Å². The molecule has 1 heterocycles. The normalized spacial score (nSPS) is 16.4. The van der Waals surface area contributed by atoms with Crippen LogP contribution in [0, 0.1) is 0 Å². The van der Waals surface area contributed by atoms with Crippen LogP contribution in [0.3, 0.4) is 0 Å². The van der Waals surface area contributed by atoms with Crippen LogP contribution in [0.15, 0.2) is 4.99 Å². The Labute approximate surface area is 128 Å². The lowest BCUT2D eigenvalue weighted by Gasteiger charge is -2.20. The lowest BCUT2D eigenvalue weighted by atomic mass is 10.1. The summed E-state index contributed by atoms with van der Waals surface area (Å²) >= 11 is 0. The highest BCUT2D eigenvalue weighted by molar-refractivity contribution is 6.01. The number of rotatable bonds is 6. The number of aliphatic imine (C=N–C) groups is 1. The third-order valence-electron chi connectivity index (χ3n) is 2.72. The first-order valence-corrected chi connectivity index (χ1v) is 6.89. The second-order valence-corrected chi connectivity index (χ2v) is 5.82. The first-order valence-electron chi connectivity index (χ1n) is 6.89. The van der Waals surface area contributed by atoms with Crippen molar-refractivity contribution >= 4 is 30.5 Å². The molecule has 2 amide bonds. The van der Waals surface area contributed by atoms with E-state index in [-0.39, 0.29) is 25.7 Å². The van der Waals surface area contributed by atoms with E-state index in [0.29, 0.717) is 5.06 Å². The highest BCUT2D eigenvalue weighted by atomic mass is 16.7. The van der Waals surface area contributed by atoms with Gasteiger partial charge in [-0.15, -0.1) is 5.06 Å². The molecule has 122 valence electrons. The largest absolute Gasteiger partial charge is 0.460 e. The van der Waals surface area contributed by atoms with E-state index in [1.165, 1.54) is 0 Å². The van der Waals surface area contributed by atoms with Crippen molar-refractivity contribution in [3.8, 4) is 0 Å². The number of hydrogen-bond donors (Lipinski definition) is 0. The molecule has 0 aliphatic carbocycles. The molecule has 8 nitrogen and oxygen atoms in total. The van der Waals surface area contributed by atoms with Gasteiger partial charge in [-0.25, -0.2) is 4.79 Å². The molecule has 1 fully saturated rings. The molecule has 0 radical (unpaired) electrons. The van der Waals surface area contributed by atoms with Crippen LogP contribution in [0.5, 0.6) is 0 Å². The second kappa shape index (κ2) is 7.15. The van der Waals surface area contributed by atoms with Crippen LogP contribution in [0.2, 0.25) is 0 Å². The number of esters is 1. The Balaban J connectivity index is 2.51. The zero-order chi connectivity index (χ0) is 16.9. The zero-order valence-electron chi connectivity index (χ0n) is 13.0. The fourth-order valence-electron chi connectivity index (χ4n) is 1.74. The summed E-state index contributed by atoms with van der Waals surface area (Å²) in [6.07, 6.45) is -0.0160. The summed E-state index contributed by atoms with van der Waals surface area (Å²) in [6.45, 7) is 8.44. The Bertz CT molecular complexity index is 478. The van der Waals surface area contributed by atoms with Crippen LogP contribution in [-0.4, -0.2) is 47.2 Å². The lowest BCUT2D eigenvalue weighted by Crippen LogP contribution is -2.36. The van der Waals surface area contributed by atoms with Crippen LogP contribution in [0.4, 0.5) is 0 Å². The first-order chi connectivity index (χ1) is 10.1. The number of hydrogen-bond acceptors (Lipinski definition) is 7. The quantitative estimate of drug-likeness (QED) is 0.408. The summed E-state index contributed by atoms with van der Waals surface area (Å²) in [5.74, 6) is -2.54. The monoisotopic (exact) mass is 312 g/mol. The van der Waals surface area contributed by atoms with E-state index >= 15 is 0 Å². The van der Waals surface area contributed by atoms with Gasteiger partial charge in [-0.05, 0) is 33.9 Å². The van der Waals surface area contributed by atoms with Crippen LogP contribution >= 0.6 is 0 Å². The molecule has 1 atom stereocenters. The van der Waals surface area contributed by atoms with Gasteiger partial charge in [-0.2, -0.15) is 0 Å². The summed E-state index contributed by atoms with van der Waals surface area (Å²) in [6, 6.07) is -1.05. The average Bonchev–Trinajstić information content (AvgIpc) is 2.69. The van der Waals surface area contributed by atoms with Crippen molar-refractivity contribution in [2.45, 2.75) is 58.1 Å². The molecule has 1 rings (SSSR count). The number of carbonyl (C=O) groups excluding carboxylic acids is 4. The number of nitrogens with zero attached hydrogens (tertiary/aromatic N) is 2. The maximum absolute atomic E-state index is 11.9.